The molecule has 1 aromatic carbocycles. The maximum atomic E-state index is 12.6. The molecule has 7 nitrogen and oxygen atoms in total. The number of furan rings is 1. The van der Waals surface area contributed by atoms with Crippen LogP contribution in [0, 0.1) is 6.92 Å². The first-order valence-electron chi connectivity index (χ1n) is 10.9. The summed E-state index contributed by atoms with van der Waals surface area (Å²) in [7, 11) is 0. The van der Waals surface area contributed by atoms with Gasteiger partial charge in [-0.15, -0.1) is 0 Å². The van der Waals surface area contributed by atoms with Crippen molar-refractivity contribution in [3.05, 3.63) is 45.0 Å². The van der Waals surface area contributed by atoms with Gasteiger partial charge in [-0.3, -0.25) is 4.79 Å². The first kappa shape index (κ1) is 21.2. The molecule has 0 fully saturated rings. The number of nitrogens with one attached hydrogen (secondary N) is 1. The lowest BCUT2D eigenvalue weighted by Gasteiger charge is -2.14. The van der Waals surface area contributed by atoms with E-state index in [0.29, 0.717) is 29.6 Å². The van der Waals surface area contributed by atoms with Gasteiger partial charge in [0.2, 0.25) is 5.91 Å². The highest BCUT2D eigenvalue weighted by Crippen LogP contribution is 2.35. The standard InChI is InChI=1S/C24H27NO6/c1-3-4-8-18(23(27)28)25-22(26)11-16-13(2)15-10-17-14-7-5-6-9-19(14)30-21(17)12-20(15)31-24(16)29/h10,12,18H,3-9,11H2,1-2H3,(H,25,26)(H,27,28)/t18-/m1/s1. The first-order valence-corrected chi connectivity index (χ1v) is 10.9. The first-order chi connectivity index (χ1) is 14.9. The number of hydrogen-bond acceptors (Lipinski definition) is 5. The number of benzene rings is 1. The number of fused-ring (bicyclic) bond motifs is 4. The van der Waals surface area contributed by atoms with Crippen LogP contribution >= 0.6 is 0 Å². The molecule has 0 saturated heterocycles. The number of amides is 1. The molecule has 164 valence electrons. The Morgan fingerprint density at radius 2 is 1.87 bits per heavy atom. The lowest BCUT2D eigenvalue weighted by molar-refractivity contribution is -0.142. The minimum absolute atomic E-state index is 0.221. The lowest BCUT2D eigenvalue weighted by Crippen LogP contribution is -2.42. The molecule has 2 heterocycles. The van der Waals surface area contributed by atoms with E-state index >= 15 is 0 Å². The van der Waals surface area contributed by atoms with Gasteiger partial charge in [0.1, 0.15) is 23.0 Å². The van der Waals surface area contributed by atoms with Crippen molar-refractivity contribution < 1.29 is 23.5 Å². The van der Waals surface area contributed by atoms with E-state index in [4.69, 9.17) is 8.83 Å². The van der Waals surface area contributed by atoms with Gasteiger partial charge >= 0.3 is 11.6 Å². The minimum Gasteiger partial charge on any atom is -0.480 e. The van der Waals surface area contributed by atoms with Crippen LogP contribution in [-0.4, -0.2) is 23.0 Å². The number of carbonyl (C=O) groups excluding carboxylic acids is 1. The Kier molecular flexibility index (Phi) is 5.85. The number of carbonyl (C=O) groups is 2. The molecular formula is C24H27NO6. The number of carboxylic acids is 1. The maximum absolute atomic E-state index is 12.6. The second kappa shape index (κ2) is 8.57. The predicted molar refractivity (Wildman–Crippen MR) is 116 cm³/mol. The van der Waals surface area contributed by atoms with Gasteiger partial charge in [0.25, 0.3) is 0 Å². The molecule has 1 amide bonds. The van der Waals surface area contributed by atoms with Crippen molar-refractivity contribution in [1.82, 2.24) is 5.32 Å². The van der Waals surface area contributed by atoms with E-state index in [1.54, 1.807) is 13.0 Å². The SMILES string of the molecule is CCCC[C@@H](NC(=O)Cc1c(C)c2cc3c4c(oc3cc2oc1=O)CCCC4)C(=O)O. The molecule has 2 aromatic heterocycles. The highest BCUT2D eigenvalue weighted by molar-refractivity contribution is 5.97. The second-order valence-electron chi connectivity index (χ2n) is 8.33. The normalized spacial score (nSPS) is 14.5. The molecule has 7 heteroatoms. The second-order valence-corrected chi connectivity index (χ2v) is 8.33. The monoisotopic (exact) mass is 425 g/mol. The number of hydrogen-bond donors (Lipinski definition) is 2. The fraction of sp³-hybridized carbons (Fsp3) is 0.458. The van der Waals surface area contributed by atoms with Crippen molar-refractivity contribution in [2.45, 2.75) is 71.3 Å². The number of aliphatic carboxylic acids is 1. The van der Waals surface area contributed by atoms with Crippen LogP contribution in [0.15, 0.2) is 25.8 Å². The molecule has 4 rings (SSSR count). The summed E-state index contributed by atoms with van der Waals surface area (Å²) < 4.78 is 11.5. The van der Waals surface area contributed by atoms with E-state index in [-0.39, 0.29) is 12.0 Å². The Morgan fingerprint density at radius 3 is 2.61 bits per heavy atom. The molecule has 0 bridgehead atoms. The molecule has 31 heavy (non-hydrogen) atoms. The maximum Gasteiger partial charge on any atom is 0.340 e. The van der Waals surface area contributed by atoms with Gasteiger partial charge in [-0.1, -0.05) is 19.8 Å². The van der Waals surface area contributed by atoms with E-state index in [9.17, 15) is 19.5 Å². The van der Waals surface area contributed by atoms with Crippen LogP contribution in [-0.2, 0) is 28.9 Å². The molecular weight excluding hydrogens is 398 g/mol. The summed E-state index contributed by atoms with van der Waals surface area (Å²) in [6.45, 7) is 3.75. The number of rotatable bonds is 7. The Balaban J connectivity index is 1.68. The average Bonchev–Trinajstić information content (AvgIpc) is 3.10. The van der Waals surface area contributed by atoms with Crippen LogP contribution < -0.4 is 10.9 Å². The summed E-state index contributed by atoms with van der Waals surface area (Å²) >= 11 is 0. The summed E-state index contributed by atoms with van der Waals surface area (Å²) in [6, 6.07) is 2.78. The van der Waals surface area contributed by atoms with Crippen LogP contribution in [0.5, 0.6) is 0 Å². The van der Waals surface area contributed by atoms with Crippen LogP contribution in [0.25, 0.3) is 21.9 Å². The third-order valence-corrected chi connectivity index (χ3v) is 6.18. The van der Waals surface area contributed by atoms with E-state index in [2.05, 4.69) is 5.32 Å². The fourth-order valence-electron chi connectivity index (χ4n) is 4.42. The fourth-order valence-corrected chi connectivity index (χ4v) is 4.42. The third kappa shape index (κ3) is 4.09. The van der Waals surface area contributed by atoms with Crippen LogP contribution in [0.4, 0.5) is 0 Å². The van der Waals surface area contributed by atoms with Gasteiger partial charge in [0.05, 0.1) is 12.0 Å². The van der Waals surface area contributed by atoms with Gasteiger partial charge in [0.15, 0.2) is 0 Å². The van der Waals surface area contributed by atoms with E-state index < -0.39 is 23.5 Å². The molecule has 1 aliphatic carbocycles. The third-order valence-electron chi connectivity index (χ3n) is 6.18. The molecule has 2 N–H and O–H groups in total. The zero-order valence-corrected chi connectivity index (χ0v) is 17.9. The van der Waals surface area contributed by atoms with Crippen LogP contribution in [0.2, 0.25) is 0 Å². The van der Waals surface area contributed by atoms with Crippen LogP contribution in [0.3, 0.4) is 0 Å². The molecule has 0 aliphatic heterocycles. The Bertz CT molecular complexity index is 1220. The number of aryl methyl sites for hydroxylation is 3. The minimum atomic E-state index is -1.07. The van der Waals surface area contributed by atoms with Gasteiger partial charge in [-0.25, -0.2) is 9.59 Å². The molecule has 0 radical (unpaired) electrons. The summed E-state index contributed by atoms with van der Waals surface area (Å²) in [4.78, 5) is 36.6. The van der Waals surface area contributed by atoms with Gasteiger partial charge in [0, 0.05) is 28.8 Å². The molecule has 1 atom stereocenters. The van der Waals surface area contributed by atoms with E-state index in [1.165, 1.54) is 5.56 Å². The molecule has 0 unspecified atom stereocenters. The van der Waals surface area contributed by atoms with Crippen LogP contribution in [0.1, 0.15) is 61.5 Å². The Hall–Kier alpha value is -3.09. The summed E-state index contributed by atoms with van der Waals surface area (Å²) in [5.41, 5.74) is 2.70. The topological polar surface area (TPSA) is 110 Å². The molecule has 1 aliphatic rings. The largest absolute Gasteiger partial charge is 0.480 e. The molecule has 3 aromatic rings. The van der Waals surface area contributed by atoms with Crippen molar-refractivity contribution in [2.24, 2.45) is 0 Å². The number of carboxylic acid groups (broad SMARTS) is 1. The van der Waals surface area contributed by atoms with Crippen molar-refractivity contribution >= 4 is 33.8 Å². The highest BCUT2D eigenvalue weighted by atomic mass is 16.4. The summed E-state index contributed by atoms with van der Waals surface area (Å²) in [5, 5.41) is 13.7. The van der Waals surface area contributed by atoms with Crippen molar-refractivity contribution in [2.75, 3.05) is 0 Å². The quantitative estimate of drug-likeness (QED) is 0.553. The number of unbranched alkanes of at least 4 members (excludes halogenated alkanes) is 1. The van der Waals surface area contributed by atoms with Gasteiger partial charge < -0.3 is 19.3 Å². The van der Waals surface area contributed by atoms with E-state index in [0.717, 1.165) is 48.6 Å². The Morgan fingerprint density at radius 1 is 1.13 bits per heavy atom. The smallest absolute Gasteiger partial charge is 0.340 e. The zero-order valence-electron chi connectivity index (χ0n) is 17.9. The van der Waals surface area contributed by atoms with Crippen molar-refractivity contribution in [3.63, 3.8) is 0 Å². The Labute approximate surface area is 179 Å². The molecule has 0 saturated carbocycles. The van der Waals surface area contributed by atoms with Crippen molar-refractivity contribution in [1.29, 1.82) is 0 Å². The highest BCUT2D eigenvalue weighted by Gasteiger charge is 2.23. The predicted octanol–water partition coefficient (Wildman–Crippen LogP) is 4.03. The molecule has 0 spiro atoms. The van der Waals surface area contributed by atoms with Gasteiger partial charge in [-0.05, 0) is 44.2 Å². The lowest BCUT2D eigenvalue weighted by atomic mass is 9.94. The van der Waals surface area contributed by atoms with Crippen molar-refractivity contribution in [3.8, 4) is 0 Å². The van der Waals surface area contributed by atoms with Gasteiger partial charge in [-0.2, -0.15) is 0 Å². The zero-order chi connectivity index (χ0) is 22.1. The van der Waals surface area contributed by atoms with E-state index in [1.807, 2.05) is 13.0 Å². The summed E-state index contributed by atoms with van der Waals surface area (Å²) in [6.07, 6.45) is 5.77. The average molecular weight is 425 g/mol. The summed E-state index contributed by atoms with van der Waals surface area (Å²) in [5.74, 6) is -0.570.